The van der Waals surface area contributed by atoms with Crippen molar-refractivity contribution in [2.24, 2.45) is 0 Å². The first kappa shape index (κ1) is 15.1. The van der Waals surface area contributed by atoms with Gasteiger partial charge in [0.05, 0.1) is 17.1 Å². The maximum absolute atomic E-state index is 12.0. The third-order valence-electron chi connectivity index (χ3n) is 2.72. The van der Waals surface area contributed by atoms with Crippen molar-refractivity contribution in [3.8, 4) is 0 Å². The van der Waals surface area contributed by atoms with Crippen molar-refractivity contribution in [1.82, 2.24) is 5.32 Å². The Hall–Kier alpha value is -1.30. The van der Waals surface area contributed by atoms with Crippen LogP contribution in [0.15, 0.2) is 39.2 Å². The molecule has 0 aliphatic carbocycles. The number of rotatable bonds is 4. The zero-order valence-electron chi connectivity index (χ0n) is 10.7. The van der Waals surface area contributed by atoms with Gasteiger partial charge in [-0.2, -0.15) is 0 Å². The number of hydrogen-bond acceptors (Lipinski definition) is 3. The number of halogens is 2. The van der Waals surface area contributed by atoms with Gasteiger partial charge in [0.15, 0.2) is 0 Å². The van der Waals surface area contributed by atoms with Crippen LogP contribution in [0.4, 0.5) is 0 Å². The molecule has 1 aromatic carbocycles. The average Bonchev–Trinajstić information content (AvgIpc) is 2.85. The molecule has 2 aromatic rings. The lowest BCUT2D eigenvalue weighted by Gasteiger charge is -2.10. The van der Waals surface area contributed by atoms with Crippen LogP contribution in [-0.4, -0.2) is 17.6 Å². The van der Waals surface area contributed by atoms with Gasteiger partial charge < -0.3 is 14.8 Å². The normalized spacial score (nSPS) is 12.2. The van der Waals surface area contributed by atoms with E-state index >= 15 is 0 Å². The number of hydrogen-bond donors (Lipinski definition) is 2. The minimum absolute atomic E-state index is 0.0502. The monoisotopic (exact) mass is 357 g/mol. The molecule has 0 radical (unpaired) electrons. The molecule has 0 fully saturated rings. The van der Waals surface area contributed by atoms with Crippen molar-refractivity contribution >= 4 is 33.4 Å². The molecule has 1 amide bonds. The maximum Gasteiger partial charge on any atom is 0.252 e. The zero-order valence-corrected chi connectivity index (χ0v) is 13.0. The minimum atomic E-state index is -0.890. The molecule has 0 aliphatic rings. The summed E-state index contributed by atoms with van der Waals surface area (Å²) in [5.41, 5.74) is 0.351. The second-order valence-corrected chi connectivity index (χ2v) is 5.62. The number of nitrogens with one attached hydrogen (secondary N) is 1. The van der Waals surface area contributed by atoms with Crippen LogP contribution in [0.1, 0.15) is 28.0 Å². The van der Waals surface area contributed by atoms with E-state index in [-0.39, 0.29) is 12.5 Å². The Labute approximate surface area is 129 Å². The van der Waals surface area contributed by atoms with Crippen molar-refractivity contribution in [3.63, 3.8) is 0 Å². The standard InChI is InChI=1S/C14H13BrClNO3/c1-8-2-5-13(20-8)12(18)7-17-14(19)10-6-9(15)3-4-11(10)16/h2-6,12,18H,7H2,1H3,(H,17,19)/t12-/m0/s1. The van der Waals surface area contributed by atoms with Crippen LogP contribution in [0.5, 0.6) is 0 Å². The number of furan rings is 1. The molecule has 0 bridgehead atoms. The molecule has 0 saturated heterocycles. The lowest BCUT2D eigenvalue weighted by Crippen LogP contribution is -2.28. The first-order valence-electron chi connectivity index (χ1n) is 5.95. The van der Waals surface area contributed by atoms with Gasteiger partial charge in [-0.15, -0.1) is 0 Å². The Morgan fingerprint density at radius 2 is 2.20 bits per heavy atom. The number of aliphatic hydroxyl groups excluding tert-OH is 1. The molecule has 20 heavy (non-hydrogen) atoms. The molecule has 2 N–H and O–H groups in total. The largest absolute Gasteiger partial charge is 0.464 e. The lowest BCUT2D eigenvalue weighted by molar-refractivity contribution is 0.0900. The summed E-state index contributed by atoms with van der Waals surface area (Å²) in [5.74, 6) is 0.780. The van der Waals surface area contributed by atoms with Crippen molar-refractivity contribution in [3.05, 3.63) is 56.9 Å². The lowest BCUT2D eigenvalue weighted by atomic mass is 10.2. The van der Waals surface area contributed by atoms with Crippen molar-refractivity contribution in [2.45, 2.75) is 13.0 Å². The van der Waals surface area contributed by atoms with Crippen molar-refractivity contribution in [1.29, 1.82) is 0 Å². The molecule has 4 nitrogen and oxygen atoms in total. The Bertz CT molecular complexity index is 627. The third kappa shape index (κ3) is 3.62. The van der Waals surface area contributed by atoms with E-state index < -0.39 is 6.10 Å². The van der Waals surface area contributed by atoms with Crippen molar-refractivity contribution < 1.29 is 14.3 Å². The van der Waals surface area contributed by atoms with Crippen LogP contribution >= 0.6 is 27.5 Å². The predicted octanol–water partition coefficient (Wildman–Crippen LogP) is 3.47. The van der Waals surface area contributed by atoms with Gasteiger partial charge in [0, 0.05) is 4.47 Å². The van der Waals surface area contributed by atoms with E-state index in [1.807, 2.05) is 0 Å². The van der Waals surface area contributed by atoms with Gasteiger partial charge in [-0.05, 0) is 37.3 Å². The second-order valence-electron chi connectivity index (χ2n) is 4.30. The highest BCUT2D eigenvalue weighted by molar-refractivity contribution is 9.10. The first-order chi connectivity index (χ1) is 9.47. The van der Waals surface area contributed by atoms with Crippen LogP contribution in [-0.2, 0) is 0 Å². The van der Waals surface area contributed by atoms with Gasteiger partial charge in [-0.3, -0.25) is 4.79 Å². The number of carbonyl (C=O) groups excluding carboxylic acids is 1. The molecular weight excluding hydrogens is 346 g/mol. The number of amides is 1. The van der Waals surface area contributed by atoms with E-state index in [2.05, 4.69) is 21.2 Å². The van der Waals surface area contributed by atoms with Crippen LogP contribution in [0, 0.1) is 6.92 Å². The van der Waals surface area contributed by atoms with Gasteiger partial charge in [0.2, 0.25) is 0 Å². The van der Waals surface area contributed by atoms with Crippen LogP contribution in [0.3, 0.4) is 0 Å². The van der Waals surface area contributed by atoms with E-state index in [9.17, 15) is 9.90 Å². The molecule has 0 aliphatic heterocycles. The molecular formula is C14H13BrClNO3. The van der Waals surface area contributed by atoms with Crippen LogP contribution in [0.2, 0.25) is 5.02 Å². The average molecular weight is 359 g/mol. The fourth-order valence-corrected chi connectivity index (χ4v) is 2.25. The van der Waals surface area contributed by atoms with E-state index in [0.29, 0.717) is 22.1 Å². The van der Waals surface area contributed by atoms with Crippen LogP contribution < -0.4 is 5.32 Å². The smallest absolute Gasteiger partial charge is 0.252 e. The van der Waals surface area contributed by atoms with Crippen molar-refractivity contribution in [2.75, 3.05) is 6.54 Å². The van der Waals surface area contributed by atoms with E-state index in [1.165, 1.54) is 0 Å². The molecule has 0 saturated carbocycles. The fourth-order valence-electron chi connectivity index (χ4n) is 1.69. The Balaban J connectivity index is 2.00. The second kappa shape index (κ2) is 6.43. The SMILES string of the molecule is Cc1ccc([C@@H](O)CNC(=O)c2cc(Br)ccc2Cl)o1. The summed E-state index contributed by atoms with van der Waals surface area (Å²) in [6, 6.07) is 8.44. The summed E-state index contributed by atoms with van der Waals surface area (Å²) in [7, 11) is 0. The van der Waals surface area contributed by atoms with Gasteiger partial charge in [-0.25, -0.2) is 0 Å². The first-order valence-corrected chi connectivity index (χ1v) is 7.12. The van der Waals surface area contributed by atoms with E-state index in [1.54, 1.807) is 37.3 Å². The van der Waals surface area contributed by atoms with E-state index in [0.717, 1.165) is 4.47 Å². The molecule has 1 atom stereocenters. The summed E-state index contributed by atoms with van der Waals surface area (Å²) in [5, 5.41) is 12.9. The molecule has 1 aromatic heterocycles. The number of benzene rings is 1. The fraction of sp³-hybridized carbons (Fsp3) is 0.214. The molecule has 0 unspecified atom stereocenters. The number of aliphatic hydroxyl groups is 1. The molecule has 6 heteroatoms. The van der Waals surface area contributed by atoms with Gasteiger partial charge >= 0.3 is 0 Å². The maximum atomic E-state index is 12.0. The summed E-state index contributed by atoms with van der Waals surface area (Å²) < 4.78 is 6.05. The Morgan fingerprint density at radius 3 is 2.85 bits per heavy atom. The molecule has 2 rings (SSSR count). The number of aryl methyl sites for hydroxylation is 1. The highest BCUT2D eigenvalue weighted by Crippen LogP contribution is 2.21. The highest BCUT2D eigenvalue weighted by atomic mass is 79.9. The molecule has 0 spiro atoms. The summed E-state index contributed by atoms with van der Waals surface area (Å²) in [6.45, 7) is 1.84. The highest BCUT2D eigenvalue weighted by Gasteiger charge is 2.15. The molecule has 1 heterocycles. The Morgan fingerprint density at radius 1 is 1.45 bits per heavy atom. The zero-order chi connectivity index (χ0) is 14.7. The summed E-state index contributed by atoms with van der Waals surface area (Å²) in [6.07, 6.45) is -0.890. The van der Waals surface area contributed by atoms with Gasteiger partial charge in [-0.1, -0.05) is 27.5 Å². The summed E-state index contributed by atoms with van der Waals surface area (Å²) >= 11 is 9.25. The molecule has 106 valence electrons. The third-order valence-corrected chi connectivity index (χ3v) is 3.54. The predicted molar refractivity (Wildman–Crippen MR) is 79.9 cm³/mol. The van der Waals surface area contributed by atoms with Crippen LogP contribution in [0.25, 0.3) is 0 Å². The van der Waals surface area contributed by atoms with E-state index in [4.69, 9.17) is 16.0 Å². The Kier molecular flexibility index (Phi) is 4.86. The van der Waals surface area contributed by atoms with Gasteiger partial charge in [0.1, 0.15) is 17.6 Å². The topological polar surface area (TPSA) is 62.5 Å². The summed E-state index contributed by atoms with van der Waals surface area (Å²) in [4.78, 5) is 12.0. The minimum Gasteiger partial charge on any atom is -0.464 e. The number of carbonyl (C=O) groups is 1. The quantitative estimate of drug-likeness (QED) is 0.880. The van der Waals surface area contributed by atoms with Gasteiger partial charge in [0.25, 0.3) is 5.91 Å².